The summed E-state index contributed by atoms with van der Waals surface area (Å²) in [6.07, 6.45) is 1.49. The summed E-state index contributed by atoms with van der Waals surface area (Å²) in [4.78, 5) is 23.2. The van der Waals surface area contributed by atoms with Gasteiger partial charge in [0.15, 0.2) is 0 Å². The molecule has 1 saturated heterocycles. The molecule has 3 N–H and O–H groups in total. The van der Waals surface area contributed by atoms with Gasteiger partial charge in [-0.25, -0.2) is 4.79 Å². The normalized spacial score (nSPS) is 36.8. The third kappa shape index (κ3) is 1.06. The van der Waals surface area contributed by atoms with Crippen LogP contribution in [-0.2, 0) is 9.59 Å². The van der Waals surface area contributed by atoms with Crippen LogP contribution in [0.2, 0.25) is 0 Å². The van der Waals surface area contributed by atoms with E-state index in [0.717, 1.165) is 0 Å². The van der Waals surface area contributed by atoms with Gasteiger partial charge in [-0.1, -0.05) is 0 Å². The Morgan fingerprint density at radius 3 is 3.00 bits per heavy atom. The quantitative estimate of drug-likeness (QED) is 0.541. The first kappa shape index (κ1) is 8.58. The SMILES string of the molecule is N[C@@H]1C(=O)N2C(C(=O)O)C=CS[C@H]12. The van der Waals surface area contributed by atoms with Gasteiger partial charge in [-0.3, -0.25) is 4.79 Å². The minimum absolute atomic E-state index is 0.196. The number of amides is 1. The third-order valence-corrected chi connectivity index (χ3v) is 3.27. The fourth-order valence-corrected chi connectivity index (χ4v) is 2.50. The summed E-state index contributed by atoms with van der Waals surface area (Å²) >= 11 is 1.38. The highest BCUT2D eigenvalue weighted by molar-refractivity contribution is 8.02. The van der Waals surface area contributed by atoms with Crippen LogP contribution in [0.15, 0.2) is 11.5 Å². The van der Waals surface area contributed by atoms with Gasteiger partial charge in [-0.05, 0) is 11.5 Å². The average molecular weight is 200 g/mol. The highest BCUT2D eigenvalue weighted by Gasteiger charge is 2.51. The predicted molar refractivity (Wildman–Crippen MR) is 46.8 cm³/mol. The van der Waals surface area contributed by atoms with Crippen molar-refractivity contribution in [2.24, 2.45) is 5.73 Å². The van der Waals surface area contributed by atoms with E-state index in [2.05, 4.69) is 0 Å². The Hall–Kier alpha value is -1.01. The Labute approximate surface area is 78.6 Å². The van der Waals surface area contributed by atoms with Crippen LogP contribution < -0.4 is 5.73 Å². The number of carbonyl (C=O) groups excluding carboxylic acids is 1. The molecule has 2 aliphatic heterocycles. The van der Waals surface area contributed by atoms with Crippen LogP contribution in [-0.4, -0.2) is 39.3 Å². The predicted octanol–water partition coefficient (Wildman–Crippen LogP) is -0.804. The molecule has 0 radical (unpaired) electrons. The van der Waals surface area contributed by atoms with Gasteiger partial charge in [-0.15, -0.1) is 11.8 Å². The van der Waals surface area contributed by atoms with Gasteiger partial charge >= 0.3 is 5.97 Å². The van der Waals surface area contributed by atoms with Gasteiger partial charge in [-0.2, -0.15) is 0 Å². The van der Waals surface area contributed by atoms with Crippen LogP contribution in [0.4, 0.5) is 0 Å². The molecule has 13 heavy (non-hydrogen) atoms. The molecule has 1 unspecified atom stereocenters. The number of carboxylic acids is 1. The fourth-order valence-electron chi connectivity index (χ4n) is 1.45. The second kappa shape index (κ2) is 2.74. The molecular weight excluding hydrogens is 192 g/mol. The van der Waals surface area contributed by atoms with E-state index in [1.54, 1.807) is 5.41 Å². The number of rotatable bonds is 1. The van der Waals surface area contributed by atoms with Crippen LogP contribution in [0.3, 0.4) is 0 Å². The first-order valence-electron chi connectivity index (χ1n) is 3.75. The molecule has 0 saturated carbocycles. The number of nitrogens with two attached hydrogens (primary N) is 1. The first-order chi connectivity index (χ1) is 6.13. The molecule has 0 aliphatic carbocycles. The molecule has 1 amide bonds. The summed E-state index contributed by atoms with van der Waals surface area (Å²) in [6.45, 7) is 0. The minimum Gasteiger partial charge on any atom is -0.479 e. The molecule has 0 aromatic rings. The topological polar surface area (TPSA) is 83.6 Å². The van der Waals surface area contributed by atoms with Crippen molar-refractivity contribution in [3.8, 4) is 0 Å². The maximum atomic E-state index is 11.2. The number of nitrogens with zero attached hydrogens (tertiary/aromatic N) is 1. The largest absolute Gasteiger partial charge is 0.479 e. The standard InChI is InChI=1S/C7H8N2O3S/c8-4-5(10)9-3(7(11)12)1-2-13-6(4)9/h1-4,6H,8H2,(H,11,12)/t3?,4-,6-/m1/s1. The maximum Gasteiger partial charge on any atom is 0.330 e. The summed E-state index contributed by atoms with van der Waals surface area (Å²) in [6, 6.07) is -1.38. The number of β-lactam (4-membered cyclic amide) rings is 1. The summed E-state index contributed by atoms with van der Waals surface area (Å²) in [7, 11) is 0. The number of aliphatic carboxylic acids is 1. The first-order valence-corrected chi connectivity index (χ1v) is 4.70. The second-order valence-electron chi connectivity index (χ2n) is 2.91. The van der Waals surface area contributed by atoms with Crippen molar-refractivity contribution in [3.63, 3.8) is 0 Å². The lowest BCUT2D eigenvalue weighted by Gasteiger charge is -2.48. The smallest absolute Gasteiger partial charge is 0.330 e. The highest BCUT2D eigenvalue weighted by Crippen LogP contribution is 2.35. The van der Waals surface area contributed by atoms with Crippen LogP contribution in [0.25, 0.3) is 0 Å². The van der Waals surface area contributed by atoms with E-state index in [-0.39, 0.29) is 11.3 Å². The molecule has 0 aromatic heterocycles. The molecule has 5 nitrogen and oxygen atoms in total. The molecule has 6 heteroatoms. The zero-order valence-electron chi connectivity index (χ0n) is 6.58. The van der Waals surface area contributed by atoms with E-state index >= 15 is 0 Å². The minimum atomic E-state index is -1.01. The van der Waals surface area contributed by atoms with Crippen molar-refractivity contribution in [1.82, 2.24) is 4.90 Å². The van der Waals surface area contributed by atoms with Crippen molar-refractivity contribution < 1.29 is 14.7 Å². The molecule has 0 aromatic carbocycles. The zero-order valence-corrected chi connectivity index (χ0v) is 7.40. The Bertz CT molecular complexity index is 304. The Kier molecular flexibility index (Phi) is 1.81. The highest BCUT2D eigenvalue weighted by atomic mass is 32.2. The molecule has 2 aliphatic rings. The van der Waals surface area contributed by atoms with Crippen LogP contribution >= 0.6 is 11.8 Å². The maximum absolute atomic E-state index is 11.2. The van der Waals surface area contributed by atoms with Crippen molar-refractivity contribution >= 4 is 23.6 Å². The molecular formula is C7H8N2O3S. The van der Waals surface area contributed by atoms with Crippen molar-refractivity contribution in [1.29, 1.82) is 0 Å². The second-order valence-corrected chi connectivity index (χ2v) is 3.94. The van der Waals surface area contributed by atoms with Gasteiger partial charge in [0.05, 0.1) is 0 Å². The molecule has 3 atom stereocenters. The number of fused-ring (bicyclic) bond motifs is 1. The summed E-state index contributed by atoms with van der Waals surface area (Å²) in [5.41, 5.74) is 5.50. The number of thioether (sulfide) groups is 1. The molecule has 2 rings (SSSR count). The van der Waals surface area contributed by atoms with E-state index in [1.165, 1.54) is 22.7 Å². The van der Waals surface area contributed by atoms with Crippen molar-refractivity contribution in [2.45, 2.75) is 17.5 Å². The molecule has 0 spiro atoms. The summed E-state index contributed by atoms with van der Waals surface area (Å²) < 4.78 is 0. The Morgan fingerprint density at radius 2 is 2.38 bits per heavy atom. The number of hydrogen-bond acceptors (Lipinski definition) is 4. The fraction of sp³-hybridized carbons (Fsp3) is 0.429. The average Bonchev–Trinajstić information content (AvgIpc) is 2.15. The number of carboxylic acid groups (broad SMARTS) is 1. The number of hydrogen-bond donors (Lipinski definition) is 2. The molecule has 2 heterocycles. The molecule has 70 valence electrons. The van der Waals surface area contributed by atoms with Crippen LogP contribution in [0.1, 0.15) is 0 Å². The third-order valence-electron chi connectivity index (χ3n) is 2.15. The van der Waals surface area contributed by atoms with E-state index in [4.69, 9.17) is 10.8 Å². The van der Waals surface area contributed by atoms with E-state index in [1.807, 2.05) is 0 Å². The van der Waals surface area contributed by atoms with Crippen LogP contribution in [0.5, 0.6) is 0 Å². The Morgan fingerprint density at radius 1 is 1.69 bits per heavy atom. The van der Waals surface area contributed by atoms with Gasteiger partial charge in [0, 0.05) is 0 Å². The van der Waals surface area contributed by atoms with E-state index in [0.29, 0.717) is 0 Å². The molecule has 1 fully saturated rings. The van der Waals surface area contributed by atoms with Gasteiger partial charge in [0.2, 0.25) is 5.91 Å². The van der Waals surface area contributed by atoms with E-state index in [9.17, 15) is 9.59 Å². The Balaban J connectivity index is 2.24. The van der Waals surface area contributed by atoms with E-state index < -0.39 is 18.1 Å². The number of carbonyl (C=O) groups is 2. The van der Waals surface area contributed by atoms with Crippen molar-refractivity contribution in [2.75, 3.05) is 0 Å². The van der Waals surface area contributed by atoms with Gasteiger partial charge in [0.25, 0.3) is 0 Å². The summed E-state index contributed by atoms with van der Waals surface area (Å²) in [5, 5.41) is 10.3. The van der Waals surface area contributed by atoms with Crippen LogP contribution in [0, 0.1) is 0 Å². The van der Waals surface area contributed by atoms with Gasteiger partial charge < -0.3 is 15.7 Å². The lowest BCUT2D eigenvalue weighted by atomic mass is 10.0. The van der Waals surface area contributed by atoms with Gasteiger partial charge in [0.1, 0.15) is 17.5 Å². The lowest BCUT2D eigenvalue weighted by Crippen LogP contribution is -2.71. The van der Waals surface area contributed by atoms with Crippen molar-refractivity contribution in [3.05, 3.63) is 11.5 Å². The molecule has 0 bridgehead atoms. The monoisotopic (exact) mass is 200 g/mol. The summed E-state index contributed by atoms with van der Waals surface area (Å²) in [5.74, 6) is -1.30. The lowest BCUT2D eigenvalue weighted by molar-refractivity contribution is -0.157. The zero-order chi connectivity index (χ0) is 9.59.